The molecule has 204 valence electrons. The smallest absolute Gasteiger partial charge is 0.208 e. The average Bonchev–Trinajstić information content (AvgIpc) is 3.40. The zero-order chi connectivity index (χ0) is 28.5. The molecule has 2 aliphatic rings. The molecule has 1 heterocycles. The molecule has 1 aliphatic heterocycles. The lowest BCUT2D eigenvalue weighted by atomic mass is 9.79. The molecule has 6 rings (SSSR count). The van der Waals surface area contributed by atoms with Crippen molar-refractivity contribution < 1.29 is 19.0 Å². The van der Waals surface area contributed by atoms with Gasteiger partial charge >= 0.3 is 0 Å². The van der Waals surface area contributed by atoms with Crippen LogP contribution < -0.4 is 0 Å². The van der Waals surface area contributed by atoms with Gasteiger partial charge in [0.25, 0.3) is 0 Å². The number of halogens is 1. The molecule has 5 heteroatoms. The summed E-state index contributed by atoms with van der Waals surface area (Å²) in [6, 6.07) is 37.9. The second-order valence-corrected chi connectivity index (χ2v) is 11.6. The van der Waals surface area contributed by atoms with Crippen LogP contribution in [0.25, 0.3) is 0 Å². The summed E-state index contributed by atoms with van der Waals surface area (Å²) in [5, 5.41) is 0. The van der Waals surface area contributed by atoms with Crippen molar-refractivity contribution in [1.82, 2.24) is 0 Å². The third-order valence-corrected chi connectivity index (χ3v) is 8.00. The lowest BCUT2D eigenvalue weighted by Crippen LogP contribution is -2.51. The first kappa shape index (κ1) is 27.4. The van der Waals surface area contributed by atoms with Gasteiger partial charge in [0.1, 0.15) is 11.7 Å². The Morgan fingerprint density at radius 1 is 0.780 bits per heavy atom. The monoisotopic (exact) mass is 604 g/mol. The molecular formula is C36H29BrO4. The molecule has 0 aromatic heterocycles. The molecule has 1 fully saturated rings. The van der Waals surface area contributed by atoms with Gasteiger partial charge < -0.3 is 14.2 Å². The maximum absolute atomic E-state index is 14.1. The van der Waals surface area contributed by atoms with E-state index >= 15 is 0 Å². The first-order valence-corrected chi connectivity index (χ1v) is 14.3. The van der Waals surface area contributed by atoms with Crippen molar-refractivity contribution in [1.29, 1.82) is 0 Å². The van der Waals surface area contributed by atoms with Crippen LogP contribution in [0.1, 0.15) is 36.1 Å². The molecule has 0 radical (unpaired) electrons. The van der Waals surface area contributed by atoms with Crippen LogP contribution in [0.5, 0.6) is 0 Å². The number of hydrogen-bond donors (Lipinski definition) is 0. The number of benzene rings is 4. The van der Waals surface area contributed by atoms with Gasteiger partial charge in [0.05, 0.1) is 12.2 Å². The SMILES string of the molecule is CC1(C)O[C@H]2C=C(C#Cc3ccc(Br)cc3)C(=O)[C@@]2(COC(c2ccccc2)(c2ccccc2)c2ccccc2)O1. The van der Waals surface area contributed by atoms with Gasteiger partial charge in [0.2, 0.25) is 5.78 Å². The molecule has 2 atom stereocenters. The van der Waals surface area contributed by atoms with Crippen molar-refractivity contribution in [2.45, 2.75) is 36.9 Å². The molecule has 0 amide bonds. The van der Waals surface area contributed by atoms with Gasteiger partial charge in [-0.25, -0.2) is 0 Å². The third kappa shape index (κ3) is 5.09. The van der Waals surface area contributed by atoms with Crippen molar-refractivity contribution in [2.24, 2.45) is 0 Å². The summed E-state index contributed by atoms with van der Waals surface area (Å²) in [7, 11) is 0. The van der Waals surface area contributed by atoms with Crippen molar-refractivity contribution in [3.05, 3.63) is 154 Å². The molecule has 41 heavy (non-hydrogen) atoms. The van der Waals surface area contributed by atoms with E-state index < -0.39 is 23.1 Å². The largest absolute Gasteiger partial charge is 0.357 e. The van der Waals surface area contributed by atoms with Gasteiger partial charge in [0.15, 0.2) is 11.4 Å². The minimum Gasteiger partial charge on any atom is -0.357 e. The minimum atomic E-state index is -1.38. The highest BCUT2D eigenvalue weighted by Gasteiger charge is 2.62. The Morgan fingerprint density at radius 2 is 1.29 bits per heavy atom. The molecule has 0 saturated carbocycles. The summed E-state index contributed by atoms with van der Waals surface area (Å²) < 4.78 is 20.7. The quantitative estimate of drug-likeness (QED) is 0.172. The highest BCUT2D eigenvalue weighted by atomic mass is 79.9. The Bertz CT molecular complexity index is 1540. The first-order valence-electron chi connectivity index (χ1n) is 13.6. The Labute approximate surface area is 249 Å². The highest BCUT2D eigenvalue weighted by molar-refractivity contribution is 9.10. The van der Waals surface area contributed by atoms with Crippen LogP contribution >= 0.6 is 15.9 Å². The molecule has 4 aromatic carbocycles. The Kier molecular flexibility index (Phi) is 7.27. The van der Waals surface area contributed by atoms with E-state index in [1.807, 2.05) is 92.7 Å². The summed E-state index contributed by atoms with van der Waals surface area (Å²) in [4.78, 5) is 14.1. The standard InChI is InChI=1S/C36H29BrO4/c1-34(2)40-32-24-27(21-18-26-19-22-31(37)23-20-26)33(38)35(32,41-34)25-39-36(28-12-6-3-7-13-28,29-14-8-4-9-15-29)30-16-10-5-11-17-30/h3-17,19-20,22-24,32H,25H2,1-2H3/t32-,35-/m0/s1. The number of fused-ring (bicyclic) bond motifs is 1. The van der Waals surface area contributed by atoms with Crippen LogP contribution in [0.2, 0.25) is 0 Å². The van der Waals surface area contributed by atoms with Gasteiger partial charge in [-0.2, -0.15) is 0 Å². The topological polar surface area (TPSA) is 44.8 Å². The Morgan fingerprint density at radius 3 is 1.80 bits per heavy atom. The number of rotatable bonds is 6. The zero-order valence-electron chi connectivity index (χ0n) is 22.8. The van der Waals surface area contributed by atoms with Crippen molar-refractivity contribution in [3.8, 4) is 11.8 Å². The van der Waals surface area contributed by atoms with E-state index in [-0.39, 0.29) is 12.4 Å². The Hall–Kier alpha value is -3.79. The molecule has 4 aromatic rings. The van der Waals surface area contributed by atoms with E-state index in [0.29, 0.717) is 5.57 Å². The van der Waals surface area contributed by atoms with E-state index in [1.54, 1.807) is 6.08 Å². The number of ketones is 1. The van der Waals surface area contributed by atoms with Crippen LogP contribution in [-0.2, 0) is 24.6 Å². The summed E-state index contributed by atoms with van der Waals surface area (Å²) in [5.74, 6) is 4.97. The number of carbonyl (C=O) groups is 1. The lowest BCUT2D eigenvalue weighted by Gasteiger charge is -2.39. The van der Waals surface area contributed by atoms with Gasteiger partial charge in [-0.1, -0.05) is 119 Å². The zero-order valence-corrected chi connectivity index (χ0v) is 24.4. The minimum absolute atomic E-state index is 0.0431. The van der Waals surface area contributed by atoms with E-state index in [2.05, 4.69) is 64.2 Å². The fourth-order valence-electron chi connectivity index (χ4n) is 5.65. The normalized spacial score (nSPS) is 21.1. The fraction of sp³-hybridized carbons (Fsp3) is 0.194. The molecule has 0 unspecified atom stereocenters. The maximum Gasteiger partial charge on any atom is 0.208 e. The molecule has 4 nitrogen and oxygen atoms in total. The second-order valence-electron chi connectivity index (χ2n) is 10.7. The molecule has 0 bridgehead atoms. The van der Waals surface area contributed by atoms with Crippen LogP contribution in [0, 0.1) is 11.8 Å². The van der Waals surface area contributed by atoms with Crippen molar-refractivity contribution in [2.75, 3.05) is 6.61 Å². The summed E-state index contributed by atoms with van der Waals surface area (Å²) >= 11 is 3.45. The van der Waals surface area contributed by atoms with E-state index in [1.165, 1.54) is 0 Å². The fourth-order valence-corrected chi connectivity index (χ4v) is 5.92. The van der Waals surface area contributed by atoms with Crippen LogP contribution in [0.4, 0.5) is 0 Å². The Balaban J connectivity index is 1.42. The number of ether oxygens (including phenoxy) is 3. The van der Waals surface area contributed by atoms with Gasteiger partial charge in [-0.05, 0) is 60.9 Å². The average molecular weight is 606 g/mol. The van der Waals surface area contributed by atoms with Crippen LogP contribution in [0.15, 0.2) is 131 Å². The molecule has 0 spiro atoms. The predicted molar refractivity (Wildman–Crippen MR) is 162 cm³/mol. The van der Waals surface area contributed by atoms with Crippen molar-refractivity contribution in [3.63, 3.8) is 0 Å². The lowest BCUT2D eigenvalue weighted by molar-refractivity contribution is -0.185. The second kappa shape index (κ2) is 10.9. The molecule has 1 saturated heterocycles. The number of Topliss-reactive ketones (excluding diaryl/α,β-unsaturated/α-hetero) is 1. The molecule has 1 aliphatic carbocycles. The van der Waals surface area contributed by atoms with Crippen LogP contribution in [-0.4, -0.2) is 29.9 Å². The van der Waals surface area contributed by atoms with Crippen LogP contribution in [0.3, 0.4) is 0 Å². The molecular weight excluding hydrogens is 576 g/mol. The van der Waals surface area contributed by atoms with E-state index in [0.717, 1.165) is 26.7 Å². The maximum atomic E-state index is 14.1. The molecule has 0 N–H and O–H groups in total. The van der Waals surface area contributed by atoms with Crippen molar-refractivity contribution >= 4 is 21.7 Å². The van der Waals surface area contributed by atoms with E-state index in [9.17, 15) is 4.79 Å². The van der Waals surface area contributed by atoms with E-state index in [4.69, 9.17) is 14.2 Å². The highest BCUT2D eigenvalue weighted by Crippen LogP contribution is 2.47. The first-order chi connectivity index (χ1) is 19.8. The summed E-state index contributed by atoms with van der Waals surface area (Å²) in [6.45, 7) is 3.60. The third-order valence-electron chi connectivity index (χ3n) is 7.48. The summed E-state index contributed by atoms with van der Waals surface area (Å²) in [5.41, 5.74) is 1.61. The van der Waals surface area contributed by atoms with Gasteiger partial charge in [-0.15, -0.1) is 0 Å². The number of carbonyl (C=O) groups excluding carboxylic acids is 1. The summed E-state index contributed by atoms with van der Waals surface area (Å²) in [6.07, 6.45) is 1.14. The van der Waals surface area contributed by atoms with Gasteiger partial charge in [-0.3, -0.25) is 4.79 Å². The predicted octanol–water partition coefficient (Wildman–Crippen LogP) is 7.21. The number of hydrogen-bond acceptors (Lipinski definition) is 4. The van der Waals surface area contributed by atoms with Gasteiger partial charge in [0, 0.05) is 10.0 Å².